The van der Waals surface area contributed by atoms with Gasteiger partial charge in [0.1, 0.15) is 5.82 Å². The molecule has 0 aliphatic carbocycles. The van der Waals surface area contributed by atoms with Gasteiger partial charge < -0.3 is 20.3 Å². The second-order valence-electron chi connectivity index (χ2n) is 6.60. The van der Waals surface area contributed by atoms with Crippen molar-refractivity contribution in [3.63, 3.8) is 0 Å². The molecule has 150 valence electrons. The molecule has 1 aliphatic rings. The SMILES string of the molecule is CCNC(=NCCCCNc1ccccn1)N1CCC(C(=O)OCC)CC1. The number of guanidine groups is 1. The fourth-order valence-electron chi connectivity index (χ4n) is 3.12. The average Bonchev–Trinajstić information content (AvgIpc) is 2.71. The first-order chi connectivity index (χ1) is 13.2. The van der Waals surface area contributed by atoms with Crippen molar-refractivity contribution < 1.29 is 9.53 Å². The number of rotatable bonds is 9. The number of piperidine rings is 1. The number of carbonyl (C=O) groups is 1. The van der Waals surface area contributed by atoms with Crippen LogP contribution in [-0.2, 0) is 9.53 Å². The number of likely N-dealkylation sites (tertiary alicyclic amines) is 1. The fraction of sp³-hybridized carbons (Fsp3) is 0.650. The van der Waals surface area contributed by atoms with Gasteiger partial charge in [-0.3, -0.25) is 9.79 Å². The molecule has 0 amide bonds. The first-order valence-corrected chi connectivity index (χ1v) is 10.1. The van der Waals surface area contributed by atoms with E-state index in [9.17, 15) is 4.79 Å². The highest BCUT2D eigenvalue weighted by Gasteiger charge is 2.27. The molecule has 0 radical (unpaired) electrons. The highest BCUT2D eigenvalue weighted by atomic mass is 16.5. The molecule has 27 heavy (non-hydrogen) atoms. The Morgan fingerprint density at radius 1 is 1.30 bits per heavy atom. The molecule has 1 aromatic heterocycles. The van der Waals surface area contributed by atoms with Crippen LogP contribution in [0, 0.1) is 5.92 Å². The molecule has 0 saturated carbocycles. The number of nitrogens with one attached hydrogen (secondary N) is 2. The molecule has 1 fully saturated rings. The van der Waals surface area contributed by atoms with Crippen LogP contribution < -0.4 is 10.6 Å². The van der Waals surface area contributed by atoms with Gasteiger partial charge in [-0.25, -0.2) is 4.98 Å². The number of ether oxygens (including phenoxy) is 1. The van der Waals surface area contributed by atoms with E-state index in [1.54, 1.807) is 6.20 Å². The van der Waals surface area contributed by atoms with Gasteiger partial charge in [-0.15, -0.1) is 0 Å². The van der Waals surface area contributed by atoms with Crippen molar-refractivity contribution in [1.82, 2.24) is 15.2 Å². The summed E-state index contributed by atoms with van der Waals surface area (Å²) in [5.74, 6) is 1.84. The second-order valence-corrected chi connectivity index (χ2v) is 6.60. The van der Waals surface area contributed by atoms with Crippen molar-refractivity contribution in [1.29, 1.82) is 0 Å². The molecule has 7 heteroatoms. The van der Waals surface area contributed by atoms with E-state index in [4.69, 9.17) is 9.73 Å². The lowest BCUT2D eigenvalue weighted by molar-refractivity contribution is -0.149. The van der Waals surface area contributed by atoms with Crippen molar-refractivity contribution in [3.05, 3.63) is 24.4 Å². The molecule has 7 nitrogen and oxygen atoms in total. The van der Waals surface area contributed by atoms with Crippen molar-refractivity contribution in [3.8, 4) is 0 Å². The van der Waals surface area contributed by atoms with Crippen LogP contribution in [0.3, 0.4) is 0 Å². The third-order valence-corrected chi connectivity index (χ3v) is 4.57. The zero-order valence-electron chi connectivity index (χ0n) is 16.6. The first-order valence-electron chi connectivity index (χ1n) is 10.1. The molecule has 1 saturated heterocycles. The minimum Gasteiger partial charge on any atom is -0.466 e. The molecule has 1 aromatic rings. The topological polar surface area (TPSA) is 78.9 Å². The quantitative estimate of drug-likeness (QED) is 0.299. The normalized spacial score (nSPS) is 15.5. The summed E-state index contributed by atoms with van der Waals surface area (Å²) in [7, 11) is 0. The van der Waals surface area contributed by atoms with Crippen LogP contribution in [0.2, 0.25) is 0 Å². The minimum absolute atomic E-state index is 0.0294. The van der Waals surface area contributed by atoms with E-state index in [0.717, 1.165) is 70.2 Å². The molecule has 0 aromatic carbocycles. The highest BCUT2D eigenvalue weighted by molar-refractivity contribution is 5.80. The van der Waals surface area contributed by atoms with E-state index in [1.165, 1.54) is 0 Å². The van der Waals surface area contributed by atoms with Gasteiger partial charge in [0.15, 0.2) is 5.96 Å². The number of carbonyl (C=O) groups excluding carboxylic acids is 1. The van der Waals surface area contributed by atoms with Gasteiger partial charge in [0, 0.05) is 38.9 Å². The molecule has 0 spiro atoms. The molecule has 0 unspecified atom stereocenters. The van der Waals surface area contributed by atoms with Crippen LogP contribution in [0.1, 0.15) is 39.5 Å². The summed E-state index contributed by atoms with van der Waals surface area (Å²) in [4.78, 5) is 23.1. The average molecular weight is 376 g/mol. The number of nitrogens with zero attached hydrogens (tertiary/aromatic N) is 3. The second kappa shape index (κ2) is 12.1. The lowest BCUT2D eigenvalue weighted by Crippen LogP contribution is -2.46. The lowest BCUT2D eigenvalue weighted by Gasteiger charge is -2.33. The fourth-order valence-corrected chi connectivity index (χ4v) is 3.12. The van der Waals surface area contributed by atoms with Crippen molar-refractivity contribution in [2.75, 3.05) is 44.6 Å². The summed E-state index contributed by atoms with van der Waals surface area (Å²) in [6, 6.07) is 5.87. The summed E-state index contributed by atoms with van der Waals surface area (Å²) in [6.07, 6.45) is 5.52. The summed E-state index contributed by atoms with van der Waals surface area (Å²) < 4.78 is 5.15. The van der Waals surface area contributed by atoms with Crippen LogP contribution in [0.25, 0.3) is 0 Å². The number of aromatic nitrogens is 1. The largest absolute Gasteiger partial charge is 0.466 e. The number of pyridine rings is 1. The van der Waals surface area contributed by atoms with Crippen molar-refractivity contribution in [2.45, 2.75) is 39.5 Å². The third-order valence-electron chi connectivity index (χ3n) is 4.57. The van der Waals surface area contributed by atoms with Gasteiger partial charge in [0.25, 0.3) is 0 Å². The Balaban J connectivity index is 1.70. The number of unbranched alkanes of at least 4 members (excludes halogenated alkanes) is 1. The summed E-state index contributed by atoms with van der Waals surface area (Å²) in [5, 5.41) is 6.69. The van der Waals surface area contributed by atoms with Crippen LogP contribution in [0.15, 0.2) is 29.4 Å². The summed E-state index contributed by atoms with van der Waals surface area (Å²) in [5.41, 5.74) is 0. The van der Waals surface area contributed by atoms with Crippen LogP contribution >= 0.6 is 0 Å². The zero-order valence-corrected chi connectivity index (χ0v) is 16.6. The Bertz CT molecular complexity index is 571. The number of esters is 1. The van der Waals surface area contributed by atoms with Crippen LogP contribution in [-0.4, -0.2) is 61.1 Å². The van der Waals surface area contributed by atoms with E-state index in [0.29, 0.717) is 6.61 Å². The zero-order chi connectivity index (χ0) is 19.3. The monoisotopic (exact) mass is 375 g/mol. The van der Waals surface area contributed by atoms with Gasteiger partial charge in [-0.05, 0) is 51.7 Å². The Kier molecular flexibility index (Phi) is 9.44. The number of hydrogen-bond donors (Lipinski definition) is 2. The van der Waals surface area contributed by atoms with E-state index in [1.807, 2.05) is 25.1 Å². The predicted molar refractivity (Wildman–Crippen MR) is 109 cm³/mol. The Morgan fingerprint density at radius 2 is 2.11 bits per heavy atom. The minimum atomic E-state index is -0.0560. The Hall–Kier alpha value is -2.31. The highest BCUT2D eigenvalue weighted by Crippen LogP contribution is 2.18. The molecule has 0 bridgehead atoms. The van der Waals surface area contributed by atoms with E-state index in [-0.39, 0.29) is 11.9 Å². The molecule has 2 heterocycles. The van der Waals surface area contributed by atoms with Gasteiger partial charge in [0.05, 0.1) is 12.5 Å². The number of hydrogen-bond acceptors (Lipinski definition) is 5. The van der Waals surface area contributed by atoms with Crippen LogP contribution in [0.5, 0.6) is 0 Å². The Labute approximate surface area is 162 Å². The molecule has 2 N–H and O–H groups in total. The number of aliphatic imine (C=N–C) groups is 1. The van der Waals surface area contributed by atoms with Crippen molar-refractivity contribution >= 4 is 17.7 Å². The molecule has 1 aliphatic heterocycles. The molecule has 2 rings (SSSR count). The maximum absolute atomic E-state index is 11.9. The van der Waals surface area contributed by atoms with E-state index >= 15 is 0 Å². The molecular weight excluding hydrogens is 342 g/mol. The van der Waals surface area contributed by atoms with Crippen molar-refractivity contribution in [2.24, 2.45) is 10.9 Å². The Morgan fingerprint density at radius 3 is 2.78 bits per heavy atom. The summed E-state index contributed by atoms with van der Waals surface area (Å²) in [6.45, 7) is 8.62. The predicted octanol–water partition coefficient (Wildman–Crippen LogP) is 2.51. The maximum atomic E-state index is 11.9. The summed E-state index contributed by atoms with van der Waals surface area (Å²) >= 11 is 0. The van der Waals surface area contributed by atoms with E-state index in [2.05, 4.69) is 27.4 Å². The molecule has 0 atom stereocenters. The van der Waals surface area contributed by atoms with Gasteiger partial charge in [-0.2, -0.15) is 0 Å². The molecular formula is C20H33N5O2. The van der Waals surface area contributed by atoms with Gasteiger partial charge >= 0.3 is 5.97 Å². The van der Waals surface area contributed by atoms with Gasteiger partial charge in [-0.1, -0.05) is 6.07 Å². The first kappa shape index (κ1) is 21.0. The third kappa shape index (κ3) is 7.45. The standard InChI is InChI=1S/C20H33N5O2/c1-3-21-20(25-15-10-17(11-16-25)19(26)27-4-2)24-14-8-7-13-23-18-9-5-6-12-22-18/h5-6,9,12,17H,3-4,7-8,10-11,13-16H2,1-2H3,(H,21,24)(H,22,23). The van der Waals surface area contributed by atoms with E-state index < -0.39 is 0 Å². The van der Waals surface area contributed by atoms with Gasteiger partial charge in [0.2, 0.25) is 0 Å². The number of anilines is 1. The maximum Gasteiger partial charge on any atom is 0.309 e. The van der Waals surface area contributed by atoms with Crippen LogP contribution in [0.4, 0.5) is 5.82 Å². The smallest absolute Gasteiger partial charge is 0.309 e. The lowest BCUT2D eigenvalue weighted by atomic mass is 9.97.